The van der Waals surface area contributed by atoms with E-state index in [0.29, 0.717) is 15.9 Å². The Morgan fingerprint density at radius 3 is 2.92 bits per heavy atom. The molecule has 1 aliphatic rings. The SMILES string of the molecule is NC1CCCc2cc(-c3nc(-c4ccc(Br)cc4F)no3)ccc21. The van der Waals surface area contributed by atoms with Crippen LogP contribution in [0.25, 0.3) is 22.8 Å². The molecule has 0 saturated heterocycles. The van der Waals surface area contributed by atoms with Gasteiger partial charge in [-0.25, -0.2) is 4.39 Å². The molecule has 0 amide bonds. The highest BCUT2D eigenvalue weighted by atomic mass is 79.9. The minimum atomic E-state index is -0.395. The van der Waals surface area contributed by atoms with Crippen LogP contribution in [0.5, 0.6) is 0 Å². The van der Waals surface area contributed by atoms with Gasteiger partial charge >= 0.3 is 0 Å². The monoisotopic (exact) mass is 387 g/mol. The summed E-state index contributed by atoms with van der Waals surface area (Å²) in [5.41, 5.74) is 9.70. The Bertz CT molecular complexity index is 909. The zero-order valence-electron chi connectivity index (χ0n) is 12.8. The van der Waals surface area contributed by atoms with Crippen molar-refractivity contribution in [1.29, 1.82) is 0 Å². The van der Waals surface area contributed by atoms with Gasteiger partial charge in [0, 0.05) is 16.1 Å². The van der Waals surface area contributed by atoms with E-state index in [2.05, 4.69) is 26.1 Å². The van der Waals surface area contributed by atoms with Gasteiger partial charge in [-0.3, -0.25) is 0 Å². The molecule has 2 N–H and O–H groups in total. The standard InChI is InChI=1S/C18H15BrFN3O/c19-12-5-7-14(15(20)9-12)17-22-18(24-23-17)11-4-6-13-10(8-11)2-1-3-16(13)21/h4-9,16H,1-3,21H2. The second kappa shape index (κ2) is 6.11. The van der Waals surface area contributed by atoms with E-state index in [4.69, 9.17) is 10.3 Å². The maximum Gasteiger partial charge on any atom is 0.258 e. The molecule has 1 heterocycles. The van der Waals surface area contributed by atoms with E-state index in [-0.39, 0.29) is 11.9 Å². The Morgan fingerprint density at radius 1 is 1.21 bits per heavy atom. The fourth-order valence-corrected chi connectivity index (χ4v) is 3.44. The topological polar surface area (TPSA) is 64.9 Å². The molecule has 4 rings (SSSR count). The van der Waals surface area contributed by atoms with Gasteiger partial charge in [-0.2, -0.15) is 4.98 Å². The summed E-state index contributed by atoms with van der Waals surface area (Å²) in [6, 6.07) is 10.8. The van der Waals surface area contributed by atoms with Gasteiger partial charge in [-0.15, -0.1) is 0 Å². The summed E-state index contributed by atoms with van der Waals surface area (Å²) in [5, 5.41) is 3.91. The normalized spacial score (nSPS) is 16.9. The van der Waals surface area contributed by atoms with Crippen LogP contribution in [0.4, 0.5) is 4.39 Å². The van der Waals surface area contributed by atoms with E-state index in [0.717, 1.165) is 24.8 Å². The highest BCUT2D eigenvalue weighted by molar-refractivity contribution is 9.10. The number of benzene rings is 2. The van der Waals surface area contributed by atoms with Crippen LogP contribution in [0.3, 0.4) is 0 Å². The van der Waals surface area contributed by atoms with Crippen molar-refractivity contribution in [3.8, 4) is 22.8 Å². The lowest BCUT2D eigenvalue weighted by atomic mass is 9.87. The van der Waals surface area contributed by atoms with E-state index in [1.54, 1.807) is 12.1 Å². The van der Waals surface area contributed by atoms with Gasteiger partial charge in [0.05, 0.1) is 5.56 Å². The number of nitrogens with zero attached hydrogens (tertiary/aromatic N) is 2. The molecule has 0 saturated carbocycles. The Kier molecular flexibility index (Phi) is 3.94. The second-order valence-corrected chi connectivity index (χ2v) is 6.88. The molecule has 0 spiro atoms. The van der Waals surface area contributed by atoms with Gasteiger partial charge in [0.25, 0.3) is 5.89 Å². The van der Waals surface area contributed by atoms with Gasteiger partial charge in [-0.1, -0.05) is 27.2 Å². The molecule has 1 unspecified atom stereocenters. The molecule has 1 aromatic heterocycles. The average molecular weight is 388 g/mol. The molecule has 6 heteroatoms. The zero-order valence-corrected chi connectivity index (χ0v) is 14.4. The summed E-state index contributed by atoms with van der Waals surface area (Å²) < 4.78 is 20.1. The van der Waals surface area contributed by atoms with Crippen LogP contribution in [0.2, 0.25) is 0 Å². The Balaban J connectivity index is 1.70. The van der Waals surface area contributed by atoms with E-state index in [1.165, 1.54) is 17.2 Å². The quantitative estimate of drug-likeness (QED) is 0.695. The number of hydrogen-bond donors (Lipinski definition) is 1. The van der Waals surface area contributed by atoms with Crippen molar-refractivity contribution >= 4 is 15.9 Å². The van der Waals surface area contributed by atoms with Crippen molar-refractivity contribution in [1.82, 2.24) is 10.1 Å². The lowest BCUT2D eigenvalue weighted by Crippen LogP contribution is -2.17. The smallest absolute Gasteiger partial charge is 0.258 e. The first kappa shape index (κ1) is 15.5. The van der Waals surface area contributed by atoms with E-state index < -0.39 is 5.82 Å². The number of rotatable bonds is 2. The van der Waals surface area contributed by atoms with Gasteiger partial charge in [0.1, 0.15) is 5.82 Å². The third-order valence-corrected chi connectivity index (χ3v) is 4.84. The molecule has 3 aromatic rings. The van der Waals surface area contributed by atoms with Gasteiger partial charge in [0.15, 0.2) is 0 Å². The second-order valence-electron chi connectivity index (χ2n) is 5.96. The average Bonchev–Trinajstić information content (AvgIpc) is 3.04. The van der Waals surface area contributed by atoms with Gasteiger partial charge in [-0.05, 0) is 60.7 Å². The van der Waals surface area contributed by atoms with E-state index in [9.17, 15) is 4.39 Å². The third-order valence-electron chi connectivity index (χ3n) is 4.35. The van der Waals surface area contributed by atoms with Crippen LogP contribution < -0.4 is 5.73 Å². The molecule has 0 fully saturated rings. The van der Waals surface area contributed by atoms with Crippen LogP contribution in [-0.2, 0) is 6.42 Å². The molecule has 1 atom stereocenters. The summed E-state index contributed by atoms with van der Waals surface area (Å²) in [4.78, 5) is 4.34. The number of nitrogens with two attached hydrogens (primary N) is 1. The molecular formula is C18H15BrFN3O. The van der Waals surface area contributed by atoms with Gasteiger partial charge in [0.2, 0.25) is 5.82 Å². The first-order chi connectivity index (χ1) is 11.6. The van der Waals surface area contributed by atoms with Crippen molar-refractivity contribution in [3.63, 3.8) is 0 Å². The number of halogens is 2. The van der Waals surface area contributed by atoms with Gasteiger partial charge < -0.3 is 10.3 Å². The summed E-state index contributed by atoms with van der Waals surface area (Å²) in [7, 11) is 0. The zero-order chi connectivity index (χ0) is 16.7. The fourth-order valence-electron chi connectivity index (χ4n) is 3.11. The Morgan fingerprint density at radius 2 is 2.08 bits per heavy atom. The molecule has 0 aliphatic heterocycles. The van der Waals surface area contributed by atoms with Crippen molar-refractivity contribution < 1.29 is 8.91 Å². The predicted octanol–water partition coefficient (Wildman–Crippen LogP) is 4.64. The summed E-state index contributed by atoms with van der Waals surface area (Å²) in [5.74, 6) is 0.229. The predicted molar refractivity (Wildman–Crippen MR) is 92.7 cm³/mol. The maximum absolute atomic E-state index is 14.1. The Labute approximate surface area is 147 Å². The number of aryl methyl sites for hydroxylation is 1. The molecule has 4 nitrogen and oxygen atoms in total. The Hall–Kier alpha value is -2.05. The first-order valence-corrected chi connectivity index (χ1v) is 8.59. The molecule has 122 valence electrons. The van der Waals surface area contributed by atoms with E-state index in [1.807, 2.05) is 18.2 Å². The minimum Gasteiger partial charge on any atom is -0.334 e. The van der Waals surface area contributed by atoms with Crippen molar-refractivity contribution in [2.45, 2.75) is 25.3 Å². The number of aromatic nitrogens is 2. The summed E-state index contributed by atoms with van der Waals surface area (Å²) >= 11 is 3.24. The van der Waals surface area contributed by atoms with Crippen LogP contribution in [0.15, 0.2) is 45.4 Å². The molecule has 2 aromatic carbocycles. The van der Waals surface area contributed by atoms with Crippen LogP contribution in [-0.4, -0.2) is 10.1 Å². The highest BCUT2D eigenvalue weighted by Crippen LogP contribution is 2.32. The molecule has 0 bridgehead atoms. The maximum atomic E-state index is 14.1. The lowest BCUT2D eigenvalue weighted by Gasteiger charge is -2.22. The minimum absolute atomic E-state index is 0.0953. The molecule has 24 heavy (non-hydrogen) atoms. The summed E-state index contributed by atoms with van der Waals surface area (Å²) in [6.07, 6.45) is 3.09. The lowest BCUT2D eigenvalue weighted by molar-refractivity contribution is 0.431. The summed E-state index contributed by atoms with van der Waals surface area (Å²) in [6.45, 7) is 0. The number of hydrogen-bond acceptors (Lipinski definition) is 4. The van der Waals surface area contributed by atoms with Crippen molar-refractivity contribution in [2.24, 2.45) is 5.73 Å². The molecule has 0 radical (unpaired) electrons. The van der Waals surface area contributed by atoms with Crippen molar-refractivity contribution in [3.05, 3.63) is 57.8 Å². The molecule has 1 aliphatic carbocycles. The number of fused-ring (bicyclic) bond motifs is 1. The fraction of sp³-hybridized carbons (Fsp3) is 0.222. The first-order valence-electron chi connectivity index (χ1n) is 7.80. The van der Waals surface area contributed by atoms with Crippen LogP contribution in [0.1, 0.15) is 30.0 Å². The van der Waals surface area contributed by atoms with Crippen LogP contribution >= 0.6 is 15.9 Å². The van der Waals surface area contributed by atoms with Crippen LogP contribution in [0, 0.1) is 5.82 Å². The largest absolute Gasteiger partial charge is 0.334 e. The van der Waals surface area contributed by atoms with E-state index >= 15 is 0 Å². The highest BCUT2D eigenvalue weighted by Gasteiger charge is 2.19. The van der Waals surface area contributed by atoms with Crippen molar-refractivity contribution in [2.75, 3.05) is 0 Å². The third kappa shape index (κ3) is 2.76. The molecular weight excluding hydrogens is 373 g/mol.